The van der Waals surface area contributed by atoms with Crippen molar-refractivity contribution < 1.29 is 14.3 Å². The molecule has 0 heterocycles. The summed E-state index contributed by atoms with van der Waals surface area (Å²) in [5.41, 5.74) is 3.01. The first-order valence-corrected chi connectivity index (χ1v) is 8.52. The highest BCUT2D eigenvalue weighted by Gasteiger charge is 2.18. The first-order valence-electron chi connectivity index (χ1n) is 8.52. The predicted molar refractivity (Wildman–Crippen MR) is 102 cm³/mol. The maximum atomic E-state index is 12.5. The van der Waals surface area contributed by atoms with Gasteiger partial charge in [-0.25, -0.2) is 0 Å². The minimum atomic E-state index is -0.702. The molecule has 0 fully saturated rings. The molecule has 1 N–H and O–H groups in total. The number of methoxy groups -OCH3 is 1. The van der Waals surface area contributed by atoms with Crippen LogP contribution in [0.5, 0.6) is 11.5 Å². The molecular formula is C21H24N2O3. The summed E-state index contributed by atoms with van der Waals surface area (Å²) in [5.74, 6) is 1.24. The summed E-state index contributed by atoms with van der Waals surface area (Å²) in [6, 6.07) is 12.9. The fraction of sp³-hybridized carbons (Fsp3) is 0.333. The van der Waals surface area contributed by atoms with Gasteiger partial charge in [0.05, 0.1) is 24.4 Å². The van der Waals surface area contributed by atoms with Crippen molar-refractivity contribution in [3.63, 3.8) is 0 Å². The van der Waals surface area contributed by atoms with Crippen LogP contribution in [0.25, 0.3) is 0 Å². The zero-order chi connectivity index (χ0) is 19.3. The molecule has 0 aliphatic rings. The Labute approximate surface area is 154 Å². The summed E-state index contributed by atoms with van der Waals surface area (Å²) in [7, 11) is 1.51. The Morgan fingerprint density at radius 2 is 1.85 bits per heavy atom. The molecule has 0 aromatic heterocycles. The average molecular weight is 352 g/mol. The monoisotopic (exact) mass is 352 g/mol. The average Bonchev–Trinajstić information content (AvgIpc) is 2.63. The number of nitriles is 1. The number of rotatable bonds is 6. The van der Waals surface area contributed by atoms with Gasteiger partial charge in [0.15, 0.2) is 6.10 Å². The molecule has 5 heteroatoms. The number of benzene rings is 2. The third kappa shape index (κ3) is 4.54. The van der Waals surface area contributed by atoms with Crippen LogP contribution >= 0.6 is 0 Å². The predicted octanol–water partition coefficient (Wildman–Crippen LogP) is 4.40. The first kappa shape index (κ1) is 19.3. The Kier molecular flexibility index (Phi) is 6.24. The molecule has 0 spiro atoms. The maximum Gasteiger partial charge on any atom is 0.265 e. The second-order valence-electron chi connectivity index (χ2n) is 6.46. The van der Waals surface area contributed by atoms with E-state index in [4.69, 9.17) is 14.7 Å². The Balaban J connectivity index is 2.16. The number of anilines is 1. The smallest absolute Gasteiger partial charge is 0.265 e. The number of hydrogen-bond donors (Lipinski definition) is 1. The van der Waals surface area contributed by atoms with Gasteiger partial charge in [-0.2, -0.15) is 5.26 Å². The Morgan fingerprint density at radius 3 is 2.46 bits per heavy atom. The van der Waals surface area contributed by atoms with Crippen LogP contribution < -0.4 is 14.8 Å². The van der Waals surface area contributed by atoms with Gasteiger partial charge in [0.25, 0.3) is 5.91 Å². The Morgan fingerprint density at radius 1 is 1.12 bits per heavy atom. The van der Waals surface area contributed by atoms with E-state index < -0.39 is 6.10 Å². The summed E-state index contributed by atoms with van der Waals surface area (Å²) in [6.45, 7) is 7.86. The van der Waals surface area contributed by atoms with Gasteiger partial charge >= 0.3 is 0 Å². The molecule has 26 heavy (non-hydrogen) atoms. The lowest BCUT2D eigenvalue weighted by Crippen LogP contribution is -2.30. The van der Waals surface area contributed by atoms with Crippen LogP contribution in [-0.2, 0) is 4.79 Å². The van der Waals surface area contributed by atoms with Gasteiger partial charge in [-0.3, -0.25) is 4.79 Å². The number of nitrogens with one attached hydrogen (secondary N) is 1. The van der Waals surface area contributed by atoms with E-state index in [0.29, 0.717) is 28.7 Å². The summed E-state index contributed by atoms with van der Waals surface area (Å²) >= 11 is 0. The number of carbonyl (C=O) groups is 1. The normalized spacial score (nSPS) is 11.6. The molecule has 0 saturated carbocycles. The van der Waals surface area contributed by atoms with Crippen LogP contribution in [0.15, 0.2) is 36.4 Å². The molecule has 2 aromatic rings. The zero-order valence-corrected chi connectivity index (χ0v) is 15.8. The highest BCUT2D eigenvalue weighted by atomic mass is 16.5. The van der Waals surface area contributed by atoms with E-state index in [1.165, 1.54) is 7.11 Å². The van der Waals surface area contributed by atoms with Crippen molar-refractivity contribution in [3.8, 4) is 17.6 Å². The van der Waals surface area contributed by atoms with Gasteiger partial charge in [-0.15, -0.1) is 0 Å². The van der Waals surface area contributed by atoms with Crippen molar-refractivity contribution in [1.82, 2.24) is 0 Å². The van der Waals surface area contributed by atoms with Crippen LogP contribution in [-0.4, -0.2) is 19.1 Å². The fourth-order valence-corrected chi connectivity index (χ4v) is 2.46. The van der Waals surface area contributed by atoms with Crippen LogP contribution in [0, 0.1) is 18.3 Å². The maximum absolute atomic E-state index is 12.5. The quantitative estimate of drug-likeness (QED) is 0.836. The summed E-state index contributed by atoms with van der Waals surface area (Å²) < 4.78 is 11.1. The van der Waals surface area contributed by atoms with Crippen molar-refractivity contribution in [2.45, 2.75) is 39.7 Å². The summed E-state index contributed by atoms with van der Waals surface area (Å²) in [6.07, 6.45) is -0.702. The minimum Gasteiger partial charge on any atom is -0.495 e. The Bertz CT molecular complexity index is 838. The molecule has 5 nitrogen and oxygen atoms in total. The van der Waals surface area contributed by atoms with Crippen molar-refractivity contribution in [1.29, 1.82) is 5.26 Å². The highest BCUT2D eigenvalue weighted by molar-refractivity contribution is 5.95. The third-order valence-corrected chi connectivity index (χ3v) is 4.14. The Hall–Kier alpha value is -3.00. The van der Waals surface area contributed by atoms with Crippen molar-refractivity contribution >= 4 is 11.6 Å². The van der Waals surface area contributed by atoms with Gasteiger partial charge < -0.3 is 14.8 Å². The molecule has 2 rings (SSSR count). The number of amides is 1. The number of hydrogen-bond acceptors (Lipinski definition) is 4. The van der Waals surface area contributed by atoms with Crippen molar-refractivity contribution in [2.75, 3.05) is 12.4 Å². The van der Waals surface area contributed by atoms with Crippen molar-refractivity contribution in [2.24, 2.45) is 0 Å². The lowest BCUT2D eigenvalue weighted by atomic mass is 10.0. The van der Waals surface area contributed by atoms with Crippen LogP contribution in [0.3, 0.4) is 0 Å². The summed E-state index contributed by atoms with van der Waals surface area (Å²) in [5, 5.41) is 11.8. The first-order chi connectivity index (χ1) is 12.3. The highest BCUT2D eigenvalue weighted by Crippen LogP contribution is 2.27. The number of aryl methyl sites for hydroxylation is 1. The van der Waals surface area contributed by atoms with Crippen LogP contribution in [0.1, 0.15) is 43.4 Å². The van der Waals surface area contributed by atoms with Gasteiger partial charge in [-0.1, -0.05) is 26.0 Å². The van der Waals surface area contributed by atoms with Gasteiger partial charge in [-0.05, 0) is 55.2 Å². The van der Waals surface area contributed by atoms with Crippen molar-refractivity contribution in [3.05, 3.63) is 53.1 Å². The molecule has 0 aliphatic carbocycles. The molecule has 1 amide bonds. The standard InChI is InChI=1S/C21H24N2O3/c1-13(2)17-8-6-14(3)20(11-17)26-15(4)21(24)23-18-10-16(12-22)7-9-19(18)25-5/h6-11,13,15H,1-5H3,(H,23,24). The number of carbonyl (C=O) groups excluding carboxylic acids is 1. The van der Waals surface area contributed by atoms with E-state index >= 15 is 0 Å². The molecular weight excluding hydrogens is 328 g/mol. The van der Waals surface area contributed by atoms with Gasteiger partial charge in [0, 0.05) is 0 Å². The van der Waals surface area contributed by atoms with E-state index in [0.717, 1.165) is 11.1 Å². The second kappa shape index (κ2) is 8.39. The molecule has 1 unspecified atom stereocenters. The third-order valence-electron chi connectivity index (χ3n) is 4.14. The molecule has 1 atom stereocenters. The SMILES string of the molecule is COc1ccc(C#N)cc1NC(=O)C(C)Oc1cc(C(C)C)ccc1C. The second-order valence-corrected chi connectivity index (χ2v) is 6.46. The van der Waals surface area contributed by atoms with E-state index in [1.807, 2.05) is 25.1 Å². The lowest BCUT2D eigenvalue weighted by Gasteiger charge is -2.18. The van der Waals surface area contributed by atoms with E-state index in [2.05, 4.69) is 25.2 Å². The van der Waals surface area contributed by atoms with Gasteiger partial charge in [0.2, 0.25) is 0 Å². The lowest BCUT2D eigenvalue weighted by molar-refractivity contribution is -0.122. The minimum absolute atomic E-state index is 0.312. The molecule has 136 valence electrons. The largest absolute Gasteiger partial charge is 0.495 e. The van der Waals surface area contributed by atoms with Crippen LogP contribution in [0.4, 0.5) is 5.69 Å². The number of nitrogens with zero attached hydrogens (tertiary/aromatic N) is 1. The molecule has 0 saturated heterocycles. The molecule has 0 radical (unpaired) electrons. The number of ether oxygens (including phenoxy) is 2. The van der Waals surface area contributed by atoms with E-state index in [9.17, 15) is 4.79 Å². The molecule has 0 aliphatic heterocycles. The summed E-state index contributed by atoms with van der Waals surface area (Å²) in [4.78, 5) is 12.5. The zero-order valence-electron chi connectivity index (χ0n) is 15.8. The van der Waals surface area contributed by atoms with Gasteiger partial charge in [0.1, 0.15) is 11.5 Å². The topological polar surface area (TPSA) is 71.3 Å². The molecule has 2 aromatic carbocycles. The van der Waals surface area contributed by atoms with Crippen LogP contribution in [0.2, 0.25) is 0 Å². The fourth-order valence-electron chi connectivity index (χ4n) is 2.46. The molecule has 0 bridgehead atoms. The van der Waals surface area contributed by atoms with E-state index in [-0.39, 0.29) is 5.91 Å². The van der Waals surface area contributed by atoms with E-state index in [1.54, 1.807) is 25.1 Å².